The van der Waals surface area contributed by atoms with Crippen molar-refractivity contribution in [2.24, 2.45) is 7.05 Å². The van der Waals surface area contributed by atoms with Crippen LogP contribution in [-0.2, 0) is 7.05 Å². The summed E-state index contributed by atoms with van der Waals surface area (Å²) in [4.78, 5) is 16.7. The Morgan fingerprint density at radius 3 is 2.80 bits per heavy atom. The Bertz CT molecular complexity index is 1190. The number of nitrogens with zero attached hydrogens (tertiary/aromatic N) is 2. The Morgan fingerprint density at radius 1 is 1.20 bits per heavy atom. The predicted octanol–water partition coefficient (Wildman–Crippen LogP) is 5.43. The summed E-state index contributed by atoms with van der Waals surface area (Å²) >= 11 is 3.21. The van der Waals surface area contributed by atoms with E-state index >= 15 is 0 Å². The van der Waals surface area contributed by atoms with Gasteiger partial charge in [-0.15, -0.1) is 0 Å². The number of aryl methyl sites for hydroxylation is 1. The SMILES string of the molecule is Cn1cc([C@@H](CNC(=O)Nc2ccc(Br)cc2F)c2cccnc2)c2ccccc21. The monoisotopic (exact) mass is 466 g/mol. The van der Waals surface area contributed by atoms with Gasteiger partial charge < -0.3 is 15.2 Å². The topological polar surface area (TPSA) is 59.0 Å². The molecule has 5 nitrogen and oxygen atoms in total. The number of nitrogens with one attached hydrogen (secondary N) is 2. The van der Waals surface area contributed by atoms with Crippen molar-refractivity contribution in [1.29, 1.82) is 0 Å². The molecular weight excluding hydrogens is 447 g/mol. The number of amides is 2. The van der Waals surface area contributed by atoms with Gasteiger partial charge >= 0.3 is 6.03 Å². The number of anilines is 1. The van der Waals surface area contributed by atoms with Crippen molar-refractivity contribution in [2.45, 2.75) is 5.92 Å². The quantitative estimate of drug-likeness (QED) is 0.412. The molecule has 0 bridgehead atoms. The Morgan fingerprint density at radius 2 is 2.03 bits per heavy atom. The second-order valence-corrected chi connectivity index (χ2v) is 7.93. The molecule has 0 saturated heterocycles. The highest BCUT2D eigenvalue weighted by Gasteiger charge is 2.20. The molecule has 0 saturated carbocycles. The van der Waals surface area contributed by atoms with Gasteiger partial charge in [-0.25, -0.2) is 9.18 Å². The van der Waals surface area contributed by atoms with E-state index in [0.717, 1.165) is 22.0 Å². The molecule has 0 spiro atoms. The first-order valence-corrected chi connectivity index (χ1v) is 10.3. The fourth-order valence-electron chi connectivity index (χ4n) is 3.59. The summed E-state index contributed by atoms with van der Waals surface area (Å²) in [5.74, 6) is -0.609. The van der Waals surface area contributed by atoms with Crippen molar-refractivity contribution in [3.63, 3.8) is 0 Å². The molecule has 2 amide bonds. The van der Waals surface area contributed by atoms with Crippen LogP contribution in [0.15, 0.2) is 77.7 Å². The smallest absolute Gasteiger partial charge is 0.319 e. The highest BCUT2D eigenvalue weighted by molar-refractivity contribution is 9.10. The molecule has 0 unspecified atom stereocenters. The molecule has 152 valence electrons. The van der Waals surface area contributed by atoms with Crippen LogP contribution in [0.2, 0.25) is 0 Å². The van der Waals surface area contributed by atoms with Gasteiger partial charge in [0, 0.05) is 53.5 Å². The number of benzene rings is 2. The van der Waals surface area contributed by atoms with E-state index in [0.29, 0.717) is 11.0 Å². The lowest BCUT2D eigenvalue weighted by atomic mass is 9.92. The van der Waals surface area contributed by atoms with Gasteiger partial charge in [0.25, 0.3) is 0 Å². The van der Waals surface area contributed by atoms with Crippen molar-refractivity contribution >= 4 is 38.6 Å². The Balaban J connectivity index is 1.59. The van der Waals surface area contributed by atoms with Gasteiger partial charge in [-0.2, -0.15) is 0 Å². The van der Waals surface area contributed by atoms with E-state index < -0.39 is 11.8 Å². The zero-order chi connectivity index (χ0) is 21.1. The van der Waals surface area contributed by atoms with Crippen LogP contribution in [0, 0.1) is 5.82 Å². The standard InChI is InChI=1S/C23H20BrFN4O/c1-29-14-19(17-6-2-3-7-22(17)29)18(15-5-4-10-26-12-15)13-27-23(30)28-21-9-8-16(24)11-20(21)25/h2-12,14,18H,13H2,1H3,(H2,27,28,30)/t18-/m0/s1. The first kappa shape index (κ1) is 20.1. The third kappa shape index (κ3) is 4.21. The zero-order valence-electron chi connectivity index (χ0n) is 16.3. The molecule has 0 fully saturated rings. The number of rotatable bonds is 5. The molecule has 1 atom stereocenters. The molecule has 2 aromatic heterocycles. The number of hydrogen-bond donors (Lipinski definition) is 2. The summed E-state index contributed by atoms with van der Waals surface area (Å²) in [6.07, 6.45) is 5.61. The number of carbonyl (C=O) groups excluding carboxylic acids is 1. The first-order chi connectivity index (χ1) is 14.5. The summed E-state index contributed by atoms with van der Waals surface area (Å²) < 4.78 is 16.7. The maximum atomic E-state index is 14.0. The summed E-state index contributed by atoms with van der Waals surface area (Å²) in [6.45, 7) is 0.337. The second kappa shape index (κ2) is 8.67. The summed E-state index contributed by atoms with van der Waals surface area (Å²) in [5.41, 5.74) is 3.32. The summed E-state index contributed by atoms with van der Waals surface area (Å²) in [7, 11) is 2.00. The minimum Gasteiger partial charge on any atom is -0.350 e. The van der Waals surface area contributed by atoms with Crippen molar-refractivity contribution < 1.29 is 9.18 Å². The van der Waals surface area contributed by atoms with Crippen molar-refractivity contribution in [2.75, 3.05) is 11.9 Å². The van der Waals surface area contributed by atoms with Gasteiger partial charge in [0.2, 0.25) is 0 Å². The number of fused-ring (bicyclic) bond motifs is 1. The largest absolute Gasteiger partial charge is 0.350 e. The van der Waals surface area contributed by atoms with Crippen LogP contribution in [-0.4, -0.2) is 22.1 Å². The first-order valence-electron chi connectivity index (χ1n) is 9.46. The van der Waals surface area contributed by atoms with Crippen molar-refractivity contribution in [3.8, 4) is 0 Å². The van der Waals surface area contributed by atoms with Gasteiger partial charge in [-0.1, -0.05) is 40.2 Å². The van der Waals surface area contributed by atoms with E-state index in [-0.39, 0.29) is 11.6 Å². The van der Waals surface area contributed by atoms with E-state index in [1.54, 1.807) is 18.5 Å². The zero-order valence-corrected chi connectivity index (χ0v) is 17.9. The summed E-state index contributed by atoms with van der Waals surface area (Å²) in [5, 5.41) is 6.57. The van der Waals surface area contributed by atoms with E-state index in [1.165, 1.54) is 12.1 Å². The number of urea groups is 1. The fourth-order valence-corrected chi connectivity index (χ4v) is 3.93. The number of halogens is 2. The van der Waals surface area contributed by atoms with Gasteiger partial charge in [-0.05, 0) is 41.5 Å². The molecule has 2 aromatic carbocycles. The molecule has 0 radical (unpaired) electrons. The molecule has 0 aliphatic carbocycles. The maximum absolute atomic E-state index is 14.0. The van der Waals surface area contributed by atoms with E-state index in [9.17, 15) is 9.18 Å². The average molecular weight is 467 g/mol. The fraction of sp³-hybridized carbons (Fsp3) is 0.130. The van der Waals surface area contributed by atoms with E-state index in [2.05, 4.69) is 54.4 Å². The molecule has 2 N–H and O–H groups in total. The molecule has 4 rings (SSSR count). The highest BCUT2D eigenvalue weighted by atomic mass is 79.9. The maximum Gasteiger partial charge on any atom is 0.319 e. The molecule has 2 heterocycles. The van der Waals surface area contributed by atoms with Crippen LogP contribution < -0.4 is 10.6 Å². The lowest BCUT2D eigenvalue weighted by Gasteiger charge is -2.18. The third-order valence-electron chi connectivity index (χ3n) is 5.04. The number of para-hydroxylation sites is 1. The van der Waals surface area contributed by atoms with Crippen LogP contribution >= 0.6 is 15.9 Å². The minimum atomic E-state index is -0.502. The van der Waals surface area contributed by atoms with Gasteiger partial charge in [0.05, 0.1) is 5.69 Å². The molecule has 30 heavy (non-hydrogen) atoms. The molecule has 0 aliphatic rings. The average Bonchev–Trinajstić information content (AvgIpc) is 3.08. The lowest BCUT2D eigenvalue weighted by molar-refractivity contribution is 0.251. The number of aromatic nitrogens is 2. The second-order valence-electron chi connectivity index (χ2n) is 7.01. The molecule has 0 aliphatic heterocycles. The molecular formula is C23H20BrFN4O. The normalized spacial score (nSPS) is 12.0. The van der Waals surface area contributed by atoms with Crippen LogP contribution in [0.3, 0.4) is 0 Å². The number of carbonyl (C=O) groups is 1. The van der Waals surface area contributed by atoms with Crippen LogP contribution in [0.1, 0.15) is 17.0 Å². The van der Waals surface area contributed by atoms with Gasteiger partial charge in [-0.3, -0.25) is 4.98 Å². The minimum absolute atomic E-state index is 0.106. The van der Waals surface area contributed by atoms with Gasteiger partial charge in [0.15, 0.2) is 0 Å². The van der Waals surface area contributed by atoms with Crippen molar-refractivity contribution in [3.05, 3.63) is 94.6 Å². The van der Waals surface area contributed by atoms with Crippen LogP contribution in [0.5, 0.6) is 0 Å². The number of hydrogen-bond acceptors (Lipinski definition) is 2. The third-order valence-corrected chi connectivity index (χ3v) is 5.53. The highest BCUT2D eigenvalue weighted by Crippen LogP contribution is 2.31. The number of pyridine rings is 1. The van der Waals surface area contributed by atoms with Crippen LogP contribution in [0.4, 0.5) is 14.9 Å². The van der Waals surface area contributed by atoms with Crippen molar-refractivity contribution in [1.82, 2.24) is 14.9 Å². The Hall–Kier alpha value is -3.19. The van der Waals surface area contributed by atoms with E-state index in [4.69, 9.17) is 0 Å². The predicted molar refractivity (Wildman–Crippen MR) is 120 cm³/mol. The Labute approximate surface area is 182 Å². The van der Waals surface area contributed by atoms with Crippen LogP contribution in [0.25, 0.3) is 10.9 Å². The molecule has 7 heteroatoms. The molecule has 4 aromatic rings. The summed E-state index contributed by atoms with van der Waals surface area (Å²) in [6, 6.07) is 16.1. The van der Waals surface area contributed by atoms with E-state index in [1.807, 2.05) is 31.3 Å². The van der Waals surface area contributed by atoms with Gasteiger partial charge in [0.1, 0.15) is 5.82 Å². The Kier molecular flexibility index (Phi) is 5.81. The lowest BCUT2D eigenvalue weighted by Crippen LogP contribution is -2.33.